The Morgan fingerprint density at radius 3 is 2.12 bits per heavy atom. The highest BCUT2D eigenvalue weighted by Crippen LogP contribution is 2.18. The summed E-state index contributed by atoms with van der Waals surface area (Å²) in [5.74, 6) is -2.00. The van der Waals surface area contributed by atoms with Gasteiger partial charge in [-0.1, -0.05) is 6.07 Å². The second kappa shape index (κ2) is 10.4. The van der Waals surface area contributed by atoms with Crippen LogP contribution in [0, 0.1) is 0 Å². The number of esters is 1. The summed E-state index contributed by atoms with van der Waals surface area (Å²) in [6.07, 6.45) is -6.03. The van der Waals surface area contributed by atoms with Gasteiger partial charge in [0.1, 0.15) is 6.54 Å². The number of carbonyl (C=O) groups is 3. The third-order valence-corrected chi connectivity index (χ3v) is 5.37. The van der Waals surface area contributed by atoms with Crippen molar-refractivity contribution in [3.05, 3.63) is 54.1 Å². The third kappa shape index (κ3) is 8.20. The first-order valence-electron chi connectivity index (χ1n) is 9.33. The van der Waals surface area contributed by atoms with Crippen molar-refractivity contribution >= 4 is 39.2 Å². The molecule has 0 aliphatic rings. The molecular formula is C20H20F3N3O6S. The maximum absolute atomic E-state index is 12.3. The molecule has 2 amide bonds. The van der Waals surface area contributed by atoms with Gasteiger partial charge in [-0.2, -0.15) is 13.2 Å². The van der Waals surface area contributed by atoms with E-state index in [4.69, 9.17) is 4.74 Å². The molecule has 0 saturated heterocycles. The number of benzene rings is 2. The number of halogens is 3. The van der Waals surface area contributed by atoms with Crippen LogP contribution in [0.2, 0.25) is 0 Å². The monoisotopic (exact) mass is 487 g/mol. The highest BCUT2D eigenvalue weighted by atomic mass is 32.2. The van der Waals surface area contributed by atoms with Crippen molar-refractivity contribution in [2.45, 2.75) is 31.0 Å². The first-order chi connectivity index (χ1) is 15.3. The van der Waals surface area contributed by atoms with Gasteiger partial charge in [-0.3, -0.25) is 9.59 Å². The molecule has 178 valence electrons. The zero-order valence-electron chi connectivity index (χ0n) is 17.4. The molecule has 0 heterocycles. The van der Waals surface area contributed by atoms with Gasteiger partial charge >= 0.3 is 12.1 Å². The molecule has 0 aromatic heterocycles. The van der Waals surface area contributed by atoms with Crippen molar-refractivity contribution in [1.29, 1.82) is 0 Å². The first-order valence-corrected chi connectivity index (χ1v) is 10.8. The molecule has 0 bridgehead atoms. The summed E-state index contributed by atoms with van der Waals surface area (Å²) < 4.78 is 67.4. The number of anilines is 2. The number of ether oxygens (including phenoxy) is 1. The van der Waals surface area contributed by atoms with Crippen LogP contribution in [0.15, 0.2) is 53.4 Å². The minimum atomic E-state index is -4.75. The fourth-order valence-electron chi connectivity index (χ4n) is 2.42. The van der Waals surface area contributed by atoms with Crippen LogP contribution >= 0.6 is 0 Å². The van der Waals surface area contributed by atoms with Gasteiger partial charge in [0.25, 0.3) is 5.91 Å². The van der Waals surface area contributed by atoms with Gasteiger partial charge in [0.2, 0.25) is 15.9 Å². The van der Waals surface area contributed by atoms with Crippen LogP contribution in [0.25, 0.3) is 0 Å². The van der Waals surface area contributed by atoms with Crippen molar-refractivity contribution in [3.8, 4) is 0 Å². The van der Waals surface area contributed by atoms with Crippen LogP contribution in [0.1, 0.15) is 24.2 Å². The van der Waals surface area contributed by atoms with Gasteiger partial charge in [0.05, 0.1) is 10.5 Å². The Balaban J connectivity index is 2.02. The normalized spacial score (nSPS) is 12.5. The van der Waals surface area contributed by atoms with E-state index in [1.165, 1.54) is 36.8 Å². The lowest BCUT2D eigenvalue weighted by Gasteiger charge is -2.14. The Bertz CT molecular complexity index is 1130. The van der Waals surface area contributed by atoms with Gasteiger partial charge < -0.3 is 15.4 Å². The number of alkyl halides is 3. The molecule has 0 saturated carbocycles. The molecule has 33 heavy (non-hydrogen) atoms. The third-order valence-electron chi connectivity index (χ3n) is 3.97. The van der Waals surface area contributed by atoms with Gasteiger partial charge in [0, 0.05) is 18.3 Å². The van der Waals surface area contributed by atoms with Crippen molar-refractivity contribution in [2.75, 3.05) is 17.2 Å². The number of amides is 2. The summed E-state index contributed by atoms with van der Waals surface area (Å²) in [6, 6.07) is 10.3. The molecule has 9 nitrogen and oxygen atoms in total. The highest BCUT2D eigenvalue weighted by Gasteiger charge is 2.30. The Labute approximate surface area is 187 Å². The standard InChI is InChI=1S/C20H20F3N3O6S/c1-12(18(28)26-16-8-6-15(7-9-16)25-13(2)27)32-19(29)14-4-3-5-17(10-14)33(30,31)24-11-20(21,22)23/h3-10,12,24H,11H2,1-2H3,(H,25,27)(H,26,28)/t12-/m1/s1. The highest BCUT2D eigenvalue weighted by molar-refractivity contribution is 7.89. The van der Waals surface area contributed by atoms with Crippen molar-refractivity contribution in [1.82, 2.24) is 4.72 Å². The Morgan fingerprint density at radius 2 is 1.58 bits per heavy atom. The molecule has 0 unspecified atom stereocenters. The second-order valence-corrected chi connectivity index (χ2v) is 8.53. The molecule has 0 radical (unpaired) electrons. The SMILES string of the molecule is CC(=O)Nc1ccc(NC(=O)[C@@H](C)OC(=O)c2cccc(S(=O)(=O)NCC(F)(F)F)c2)cc1. The molecule has 2 aromatic rings. The molecule has 0 spiro atoms. The molecule has 0 fully saturated rings. The van der Waals surface area contributed by atoms with Crippen LogP contribution in [-0.2, 0) is 24.3 Å². The topological polar surface area (TPSA) is 131 Å². The van der Waals surface area contributed by atoms with Crippen molar-refractivity contribution in [3.63, 3.8) is 0 Å². The zero-order valence-corrected chi connectivity index (χ0v) is 18.2. The fourth-order valence-corrected chi connectivity index (χ4v) is 3.48. The van der Waals surface area contributed by atoms with Crippen LogP contribution < -0.4 is 15.4 Å². The molecular weight excluding hydrogens is 467 g/mol. The summed E-state index contributed by atoms with van der Waals surface area (Å²) >= 11 is 0. The Kier molecular flexibility index (Phi) is 8.17. The van der Waals surface area contributed by atoms with Crippen molar-refractivity contribution < 1.29 is 40.7 Å². The van der Waals surface area contributed by atoms with Gasteiger partial charge in [0.15, 0.2) is 6.10 Å². The van der Waals surface area contributed by atoms with E-state index in [0.717, 1.165) is 18.2 Å². The van der Waals surface area contributed by atoms with Gasteiger partial charge in [-0.05, 0) is 49.4 Å². The maximum atomic E-state index is 12.3. The lowest BCUT2D eigenvalue weighted by molar-refractivity contribution is -0.124. The van der Waals surface area contributed by atoms with E-state index in [1.807, 2.05) is 0 Å². The van der Waals surface area contributed by atoms with Crippen LogP contribution in [0.5, 0.6) is 0 Å². The lowest BCUT2D eigenvalue weighted by Crippen LogP contribution is -2.34. The number of nitrogens with one attached hydrogen (secondary N) is 3. The molecule has 1 atom stereocenters. The van der Waals surface area contributed by atoms with Gasteiger partial charge in [-0.15, -0.1) is 0 Å². The van der Waals surface area contributed by atoms with Gasteiger partial charge in [-0.25, -0.2) is 17.9 Å². The summed E-state index contributed by atoms with van der Waals surface area (Å²) in [4.78, 5) is 35.0. The zero-order chi connectivity index (χ0) is 24.8. The smallest absolute Gasteiger partial charge is 0.402 e. The van der Waals surface area contributed by atoms with Crippen LogP contribution in [-0.4, -0.2) is 45.0 Å². The van der Waals surface area contributed by atoms with E-state index in [1.54, 1.807) is 12.1 Å². The van der Waals surface area contributed by atoms with E-state index < -0.39 is 45.6 Å². The first kappa shape index (κ1) is 25.8. The van der Waals surface area contributed by atoms with E-state index in [0.29, 0.717) is 11.4 Å². The minimum Gasteiger partial charge on any atom is -0.449 e. The average molecular weight is 487 g/mol. The molecule has 13 heteroatoms. The summed E-state index contributed by atoms with van der Waals surface area (Å²) in [5.41, 5.74) is 0.601. The number of hydrogen-bond acceptors (Lipinski definition) is 6. The van der Waals surface area contributed by atoms with E-state index >= 15 is 0 Å². The fraction of sp³-hybridized carbons (Fsp3) is 0.250. The molecule has 2 rings (SSSR count). The second-order valence-electron chi connectivity index (χ2n) is 6.76. The maximum Gasteiger partial charge on any atom is 0.402 e. The van der Waals surface area contributed by atoms with E-state index in [9.17, 15) is 36.0 Å². The number of rotatable bonds is 8. The summed E-state index contributed by atoms with van der Waals surface area (Å²) in [7, 11) is -4.53. The van der Waals surface area contributed by atoms with E-state index in [2.05, 4.69) is 10.6 Å². The number of carbonyl (C=O) groups excluding carboxylic acids is 3. The molecule has 0 aliphatic heterocycles. The Hall–Kier alpha value is -3.45. The predicted octanol–water partition coefficient (Wildman–Crippen LogP) is 2.67. The largest absolute Gasteiger partial charge is 0.449 e. The molecule has 3 N–H and O–H groups in total. The van der Waals surface area contributed by atoms with E-state index in [-0.39, 0.29) is 11.5 Å². The van der Waals surface area contributed by atoms with Crippen molar-refractivity contribution in [2.24, 2.45) is 0 Å². The lowest BCUT2D eigenvalue weighted by atomic mass is 10.2. The quantitative estimate of drug-likeness (QED) is 0.491. The number of hydrogen-bond donors (Lipinski definition) is 3. The Morgan fingerprint density at radius 1 is 1.00 bits per heavy atom. The minimum absolute atomic E-state index is 0.264. The molecule has 0 aliphatic carbocycles. The summed E-state index contributed by atoms with van der Waals surface area (Å²) in [6.45, 7) is 0.854. The average Bonchev–Trinajstić information content (AvgIpc) is 2.73. The summed E-state index contributed by atoms with van der Waals surface area (Å²) in [5, 5.41) is 5.06. The predicted molar refractivity (Wildman–Crippen MR) is 112 cm³/mol. The van der Waals surface area contributed by atoms with Crippen LogP contribution in [0.3, 0.4) is 0 Å². The number of sulfonamides is 1. The van der Waals surface area contributed by atoms with Crippen LogP contribution in [0.4, 0.5) is 24.5 Å². The molecule has 2 aromatic carbocycles.